The predicted octanol–water partition coefficient (Wildman–Crippen LogP) is 2.95. The van der Waals surface area contributed by atoms with Gasteiger partial charge in [-0.15, -0.1) is 13.2 Å². The molecule has 0 aliphatic rings. The Balaban J connectivity index is 2.63. The molecule has 1 aromatic heterocycles. The Hall–Kier alpha value is -1.76. The maximum absolute atomic E-state index is 13.8. The minimum atomic E-state index is -4.81. The molecule has 0 unspecified atom stereocenters. The molecular weight excluding hydrogens is 264 g/mol. The summed E-state index contributed by atoms with van der Waals surface area (Å²) in [6.45, 7) is 2.25. The fraction of sp³-hybridized carbons (Fsp3) is 0.333. The number of fused-ring (bicyclic) bond motifs is 1. The highest BCUT2D eigenvalue weighted by molar-refractivity contribution is 5.88. The molecule has 0 bridgehead atoms. The molecule has 1 aromatic carbocycles. The Morgan fingerprint density at radius 1 is 1.32 bits per heavy atom. The minimum Gasteiger partial charge on any atom is -0.405 e. The van der Waals surface area contributed by atoms with Gasteiger partial charge in [-0.25, -0.2) is 4.39 Å². The van der Waals surface area contributed by atoms with Crippen LogP contribution in [0.5, 0.6) is 5.75 Å². The van der Waals surface area contributed by atoms with Crippen LogP contribution in [0.3, 0.4) is 0 Å². The summed E-state index contributed by atoms with van der Waals surface area (Å²) >= 11 is 0. The molecule has 1 heterocycles. The summed E-state index contributed by atoms with van der Waals surface area (Å²) in [5.74, 6) is -1.02. The van der Waals surface area contributed by atoms with Crippen molar-refractivity contribution in [2.24, 2.45) is 5.73 Å². The highest BCUT2D eigenvalue weighted by Crippen LogP contribution is 2.34. The van der Waals surface area contributed by atoms with Gasteiger partial charge >= 0.3 is 6.36 Å². The fourth-order valence-electron chi connectivity index (χ4n) is 2.07. The monoisotopic (exact) mass is 276 g/mol. The van der Waals surface area contributed by atoms with Gasteiger partial charge in [-0.1, -0.05) is 0 Å². The highest BCUT2D eigenvalue weighted by atomic mass is 19.4. The van der Waals surface area contributed by atoms with E-state index in [9.17, 15) is 17.6 Å². The van der Waals surface area contributed by atoms with Crippen molar-refractivity contribution in [2.45, 2.75) is 19.8 Å². The SMILES string of the molecule is Cc1cc2c(OC(F)(F)F)ccc(F)c2n1CCN. The Morgan fingerprint density at radius 3 is 2.58 bits per heavy atom. The van der Waals surface area contributed by atoms with Gasteiger partial charge in [-0.05, 0) is 25.1 Å². The summed E-state index contributed by atoms with van der Waals surface area (Å²) in [7, 11) is 0. The normalized spacial score (nSPS) is 12.1. The Labute approximate surface area is 106 Å². The quantitative estimate of drug-likeness (QED) is 0.875. The summed E-state index contributed by atoms with van der Waals surface area (Å²) in [5.41, 5.74) is 6.11. The van der Waals surface area contributed by atoms with Crippen LogP contribution in [0.25, 0.3) is 10.9 Å². The molecule has 0 saturated carbocycles. The Kier molecular flexibility index (Phi) is 3.40. The number of nitrogens with zero attached hydrogens (tertiary/aromatic N) is 1. The number of benzene rings is 1. The van der Waals surface area contributed by atoms with Crippen molar-refractivity contribution in [2.75, 3.05) is 6.54 Å². The van der Waals surface area contributed by atoms with Crippen LogP contribution in [0.15, 0.2) is 18.2 Å². The van der Waals surface area contributed by atoms with Gasteiger partial charge in [0.15, 0.2) is 0 Å². The van der Waals surface area contributed by atoms with E-state index in [1.807, 2.05) is 0 Å². The molecule has 3 nitrogen and oxygen atoms in total. The van der Waals surface area contributed by atoms with Crippen LogP contribution < -0.4 is 10.5 Å². The van der Waals surface area contributed by atoms with Gasteiger partial charge in [0.25, 0.3) is 0 Å². The molecule has 19 heavy (non-hydrogen) atoms. The van der Waals surface area contributed by atoms with E-state index < -0.39 is 17.9 Å². The van der Waals surface area contributed by atoms with Crippen LogP contribution >= 0.6 is 0 Å². The summed E-state index contributed by atoms with van der Waals surface area (Å²) < 4.78 is 56.1. The van der Waals surface area contributed by atoms with E-state index in [2.05, 4.69) is 4.74 Å². The topological polar surface area (TPSA) is 40.2 Å². The van der Waals surface area contributed by atoms with E-state index >= 15 is 0 Å². The lowest BCUT2D eigenvalue weighted by molar-refractivity contribution is -0.274. The predicted molar refractivity (Wildman–Crippen MR) is 62.4 cm³/mol. The number of rotatable bonds is 3. The second-order valence-corrected chi connectivity index (χ2v) is 4.08. The van der Waals surface area contributed by atoms with Crippen molar-refractivity contribution in [1.29, 1.82) is 0 Å². The molecule has 0 aliphatic heterocycles. The number of hydrogen-bond acceptors (Lipinski definition) is 2. The third kappa shape index (κ3) is 2.65. The molecule has 0 spiro atoms. The van der Waals surface area contributed by atoms with Gasteiger partial charge in [0.05, 0.1) is 5.52 Å². The molecule has 0 amide bonds. The zero-order valence-electron chi connectivity index (χ0n) is 10.1. The van der Waals surface area contributed by atoms with E-state index in [4.69, 9.17) is 5.73 Å². The molecule has 7 heteroatoms. The number of aryl methyl sites for hydroxylation is 1. The van der Waals surface area contributed by atoms with Gasteiger partial charge in [-0.3, -0.25) is 0 Å². The molecular formula is C12H12F4N2O. The number of halogens is 4. The fourth-order valence-corrected chi connectivity index (χ4v) is 2.07. The van der Waals surface area contributed by atoms with Crippen molar-refractivity contribution in [3.05, 3.63) is 29.7 Å². The number of nitrogens with two attached hydrogens (primary N) is 1. The zero-order valence-corrected chi connectivity index (χ0v) is 10.1. The van der Waals surface area contributed by atoms with Gasteiger partial charge in [0.2, 0.25) is 0 Å². The smallest absolute Gasteiger partial charge is 0.405 e. The van der Waals surface area contributed by atoms with Gasteiger partial charge < -0.3 is 15.0 Å². The zero-order chi connectivity index (χ0) is 14.2. The first-order valence-corrected chi connectivity index (χ1v) is 5.57. The van der Waals surface area contributed by atoms with E-state index in [0.29, 0.717) is 12.2 Å². The highest BCUT2D eigenvalue weighted by Gasteiger charge is 2.32. The van der Waals surface area contributed by atoms with E-state index in [1.54, 1.807) is 6.92 Å². The lowest BCUT2D eigenvalue weighted by Gasteiger charge is -2.11. The molecule has 2 rings (SSSR count). The third-order valence-corrected chi connectivity index (χ3v) is 2.76. The molecule has 0 fully saturated rings. The Morgan fingerprint density at radius 2 is 2.00 bits per heavy atom. The van der Waals surface area contributed by atoms with Crippen LogP contribution in [0.2, 0.25) is 0 Å². The van der Waals surface area contributed by atoms with Crippen molar-refractivity contribution in [3.8, 4) is 5.75 Å². The summed E-state index contributed by atoms with van der Waals surface area (Å²) in [5, 5.41) is 0.0864. The summed E-state index contributed by atoms with van der Waals surface area (Å²) in [6.07, 6.45) is -4.81. The summed E-state index contributed by atoms with van der Waals surface area (Å²) in [6, 6.07) is 3.38. The first-order valence-electron chi connectivity index (χ1n) is 5.57. The third-order valence-electron chi connectivity index (χ3n) is 2.76. The van der Waals surface area contributed by atoms with Crippen LogP contribution in [0, 0.1) is 12.7 Å². The second-order valence-electron chi connectivity index (χ2n) is 4.08. The Bertz CT molecular complexity index is 604. The number of ether oxygens (including phenoxy) is 1. The first kappa shape index (κ1) is 13.7. The van der Waals surface area contributed by atoms with E-state index in [-0.39, 0.29) is 17.4 Å². The maximum atomic E-state index is 13.8. The van der Waals surface area contributed by atoms with Crippen LogP contribution in [0.4, 0.5) is 17.6 Å². The standard InChI is InChI=1S/C12H12F4N2O/c1-7-6-8-10(19-12(14,15)16)3-2-9(13)11(8)18(7)5-4-17/h2-3,6H,4-5,17H2,1H3. The molecule has 0 saturated heterocycles. The van der Waals surface area contributed by atoms with E-state index in [0.717, 1.165) is 12.1 Å². The maximum Gasteiger partial charge on any atom is 0.573 e. The van der Waals surface area contributed by atoms with Gasteiger partial charge in [0.1, 0.15) is 11.6 Å². The lowest BCUT2D eigenvalue weighted by Crippen LogP contribution is -2.17. The minimum absolute atomic E-state index is 0.0738. The molecule has 2 aromatic rings. The van der Waals surface area contributed by atoms with Crippen molar-refractivity contribution in [1.82, 2.24) is 4.57 Å². The summed E-state index contributed by atoms with van der Waals surface area (Å²) in [4.78, 5) is 0. The molecule has 0 atom stereocenters. The van der Waals surface area contributed by atoms with Gasteiger partial charge in [-0.2, -0.15) is 0 Å². The molecule has 0 radical (unpaired) electrons. The average Bonchev–Trinajstić information content (AvgIpc) is 2.61. The van der Waals surface area contributed by atoms with Crippen LogP contribution in [0.1, 0.15) is 5.69 Å². The van der Waals surface area contributed by atoms with E-state index in [1.165, 1.54) is 10.6 Å². The second kappa shape index (κ2) is 4.73. The first-order chi connectivity index (χ1) is 8.83. The van der Waals surface area contributed by atoms with Crippen molar-refractivity contribution < 1.29 is 22.3 Å². The number of alkyl halides is 3. The van der Waals surface area contributed by atoms with Crippen molar-refractivity contribution >= 4 is 10.9 Å². The van der Waals surface area contributed by atoms with Gasteiger partial charge in [0, 0.05) is 24.2 Å². The lowest BCUT2D eigenvalue weighted by atomic mass is 10.2. The molecule has 0 aliphatic carbocycles. The number of hydrogen-bond donors (Lipinski definition) is 1. The molecule has 104 valence electrons. The molecule has 2 N–H and O–H groups in total. The van der Waals surface area contributed by atoms with Crippen molar-refractivity contribution in [3.63, 3.8) is 0 Å². The number of aromatic nitrogens is 1. The largest absolute Gasteiger partial charge is 0.573 e. The van der Waals surface area contributed by atoms with Crippen LogP contribution in [-0.4, -0.2) is 17.5 Å². The average molecular weight is 276 g/mol. The van der Waals surface area contributed by atoms with Crippen LogP contribution in [-0.2, 0) is 6.54 Å².